The Kier molecular flexibility index (Phi) is 5.45. The summed E-state index contributed by atoms with van der Waals surface area (Å²) in [5, 5.41) is 22.1. The van der Waals surface area contributed by atoms with Gasteiger partial charge in [0, 0.05) is 16.6 Å². The second kappa shape index (κ2) is 6.85. The van der Waals surface area contributed by atoms with Gasteiger partial charge in [-0.15, -0.1) is 0 Å². The first-order valence-electron chi connectivity index (χ1n) is 5.64. The summed E-state index contributed by atoms with van der Waals surface area (Å²) in [5.41, 5.74) is -0.0251. The van der Waals surface area contributed by atoms with Crippen LogP contribution < -0.4 is 5.32 Å². The van der Waals surface area contributed by atoms with Crippen LogP contribution in [0.25, 0.3) is 0 Å². The first-order valence-corrected chi connectivity index (χ1v) is 6.43. The third kappa shape index (κ3) is 4.03. The maximum Gasteiger partial charge on any atom is 0.270 e. The molecule has 1 N–H and O–H groups in total. The van der Waals surface area contributed by atoms with E-state index < -0.39 is 16.9 Å². The highest BCUT2D eigenvalue weighted by Crippen LogP contribution is 2.22. The lowest BCUT2D eigenvalue weighted by Gasteiger charge is -2.11. The molecular weight excluding hydrogens is 314 g/mol. The molecule has 0 fully saturated rings. The van der Waals surface area contributed by atoms with Crippen molar-refractivity contribution >= 4 is 27.5 Å². The van der Waals surface area contributed by atoms with Crippen molar-refractivity contribution in [1.82, 2.24) is 5.32 Å². The fourth-order valence-corrected chi connectivity index (χ4v) is 1.92. The highest BCUT2D eigenvalue weighted by molar-refractivity contribution is 9.10. The predicted octanol–water partition coefficient (Wildman–Crippen LogP) is 2.78. The fraction of sp³-hybridized carbons (Fsp3) is 0.333. The van der Waals surface area contributed by atoms with E-state index in [4.69, 9.17) is 5.26 Å². The van der Waals surface area contributed by atoms with Crippen molar-refractivity contribution in [2.24, 2.45) is 0 Å². The van der Waals surface area contributed by atoms with Crippen LogP contribution in [-0.2, 0) is 0 Å². The Bertz CT molecular complexity index is 540. The number of benzene rings is 1. The average molecular weight is 326 g/mol. The van der Waals surface area contributed by atoms with Gasteiger partial charge in [-0.3, -0.25) is 14.9 Å². The lowest BCUT2D eigenvalue weighted by atomic mass is 10.1. The van der Waals surface area contributed by atoms with Crippen molar-refractivity contribution in [1.29, 1.82) is 5.26 Å². The molecule has 6 nitrogen and oxygen atoms in total. The van der Waals surface area contributed by atoms with E-state index in [9.17, 15) is 14.9 Å². The van der Waals surface area contributed by atoms with Gasteiger partial charge in [-0.2, -0.15) is 5.26 Å². The fourth-order valence-electron chi connectivity index (χ4n) is 1.49. The summed E-state index contributed by atoms with van der Waals surface area (Å²) in [4.78, 5) is 22.1. The van der Waals surface area contributed by atoms with Gasteiger partial charge in [0.25, 0.3) is 11.6 Å². The van der Waals surface area contributed by atoms with Crippen molar-refractivity contribution < 1.29 is 9.72 Å². The molecule has 1 unspecified atom stereocenters. The zero-order chi connectivity index (χ0) is 14.4. The first kappa shape index (κ1) is 15.1. The number of halogens is 1. The van der Waals surface area contributed by atoms with Gasteiger partial charge in [0.05, 0.1) is 16.6 Å². The number of nitro benzene ring substituents is 1. The van der Waals surface area contributed by atoms with E-state index in [1.165, 1.54) is 18.2 Å². The number of rotatable bonds is 5. The number of hydrogen-bond donors (Lipinski definition) is 1. The first-order chi connectivity index (χ1) is 8.99. The molecule has 7 heteroatoms. The molecule has 1 atom stereocenters. The van der Waals surface area contributed by atoms with E-state index >= 15 is 0 Å². The molecule has 0 aliphatic rings. The maximum atomic E-state index is 12.0. The molecule has 1 amide bonds. The monoisotopic (exact) mass is 325 g/mol. The van der Waals surface area contributed by atoms with Crippen LogP contribution in [0.5, 0.6) is 0 Å². The number of carbonyl (C=O) groups excluding carboxylic acids is 1. The molecular formula is C12H12BrN3O3. The summed E-state index contributed by atoms with van der Waals surface area (Å²) >= 11 is 3.16. The third-order valence-corrected chi connectivity index (χ3v) is 3.14. The van der Waals surface area contributed by atoms with Gasteiger partial charge in [-0.1, -0.05) is 13.3 Å². The van der Waals surface area contributed by atoms with Crippen LogP contribution in [-0.4, -0.2) is 16.9 Å². The minimum atomic E-state index is -0.594. The molecule has 0 radical (unpaired) electrons. The van der Waals surface area contributed by atoms with Crippen molar-refractivity contribution in [2.75, 3.05) is 0 Å². The van der Waals surface area contributed by atoms with E-state index in [0.29, 0.717) is 10.9 Å². The summed E-state index contributed by atoms with van der Waals surface area (Å²) < 4.78 is 0.448. The van der Waals surface area contributed by atoms with Gasteiger partial charge in [0.15, 0.2) is 0 Å². The minimum absolute atomic E-state index is 0.144. The molecule has 0 spiro atoms. The molecule has 0 aliphatic carbocycles. The van der Waals surface area contributed by atoms with Crippen LogP contribution in [0.4, 0.5) is 5.69 Å². The molecule has 1 rings (SSSR count). The Balaban J connectivity index is 2.96. The molecule has 0 bridgehead atoms. The molecule has 0 saturated carbocycles. The van der Waals surface area contributed by atoms with Gasteiger partial charge in [-0.05, 0) is 28.4 Å². The Morgan fingerprint density at radius 3 is 2.84 bits per heavy atom. The standard InChI is InChI=1S/C12H12BrN3O3/c1-2-3-8(7-14)15-12(17)10-6-9(16(18)19)4-5-11(10)13/h4-6,8H,2-3H2,1H3,(H,15,17). The minimum Gasteiger partial charge on any atom is -0.336 e. The van der Waals surface area contributed by atoms with Crippen LogP contribution in [0.1, 0.15) is 30.1 Å². The summed E-state index contributed by atoms with van der Waals surface area (Å²) in [7, 11) is 0. The average Bonchev–Trinajstić information content (AvgIpc) is 2.38. The predicted molar refractivity (Wildman–Crippen MR) is 72.6 cm³/mol. The van der Waals surface area contributed by atoms with E-state index in [1.54, 1.807) is 0 Å². The van der Waals surface area contributed by atoms with Crippen molar-refractivity contribution in [3.05, 3.63) is 38.3 Å². The van der Waals surface area contributed by atoms with Crippen LogP contribution >= 0.6 is 15.9 Å². The second-order valence-electron chi connectivity index (χ2n) is 3.87. The number of carbonyl (C=O) groups is 1. The molecule has 100 valence electrons. The molecule has 1 aromatic carbocycles. The van der Waals surface area contributed by atoms with Crippen molar-refractivity contribution in [3.8, 4) is 6.07 Å². The highest BCUT2D eigenvalue weighted by Gasteiger charge is 2.18. The number of nitrogens with one attached hydrogen (secondary N) is 1. The van der Waals surface area contributed by atoms with E-state index in [-0.39, 0.29) is 11.3 Å². The number of nitro groups is 1. The zero-order valence-corrected chi connectivity index (χ0v) is 11.8. The third-order valence-electron chi connectivity index (χ3n) is 2.44. The van der Waals surface area contributed by atoms with Crippen molar-refractivity contribution in [2.45, 2.75) is 25.8 Å². The molecule has 0 aliphatic heterocycles. The van der Waals surface area contributed by atoms with Crippen LogP contribution in [0, 0.1) is 21.4 Å². The maximum absolute atomic E-state index is 12.0. The molecule has 0 saturated heterocycles. The Morgan fingerprint density at radius 2 is 2.32 bits per heavy atom. The van der Waals surface area contributed by atoms with Crippen LogP contribution in [0.2, 0.25) is 0 Å². The largest absolute Gasteiger partial charge is 0.336 e. The summed E-state index contributed by atoms with van der Waals surface area (Å²) in [6.45, 7) is 1.90. The number of amides is 1. The van der Waals surface area contributed by atoms with E-state index in [2.05, 4.69) is 21.2 Å². The molecule has 0 heterocycles. The van der Waals surface area contributed by atoms with Crippen molar-refractivity contribution in [3.63, 3.8) is 0 Å². The lowest BCUT2D eigenvalue weighted by Crippen LogP contribution is -2.33. The second-order valence-corrected chi connectivity index (χ2v) is 4.72. The topological polar surface area (TPSA) is 96.0 Å². The Morgan fingerprint density at radius 1 is 1.63 bits per heavy atom. The van der Waals surface area contributed by atoms with Gasteiger partial charge >= 0.3 is 0 Å². The van der Waals surface area contributed by atoms with Gasteiger partial charge < -0.3 is 5.32 Å². The highest BCUT2D eigenvalue weighted by atomic mass is 79.9. The number of nitrogens with zero attached hydrogens (tertiary/aromatic N) is 2. The smallest absolute Gasteiger partial charge is 0.270 e. The number of hydrogen-bond acceptors (Lipinski definition) is 4. The Labute approximate surface area is 118 Å². The van der Waals surface area contributed by atoms with Crippen LogP contribution in [0.3, 0.4) is 0 Å². The number of nitriles is 1. The van der Waals surface area contributed by atoms with Gasteiger partial charge in [0.1, 0.15) is 6.04 Å². The SMILES string of the molecule is CCCC(C#N)NC(=O)c1cc([N+](=O)[O-])ccc1Br. The lowest BCUT2D eigenvalue weighted by molar-refractivity contribution is -0.384. The van der Waals surface area contributed by atoms with Gasteiger partial charge in [0.2, 0.25) is 0 Å². The molecule has 0 aromatic heterocycles. The normalized spacial score (nSPS) is 11.4. The quantitative estimate of drug-likeness (QED) is 0.665. The summed E-state index contributed by atoms with van der Waals surface area (Å²) in [5.74, 6) is -0.504. The van der Waals surface area contributed by atoms with Gasteiger partial charge in [-0.25, -0.2) is 0 Å². The molecule has 1 aromatic rings. The van der Waals surface area contributed by atoms with E-state index in [0.717, 1.165) is 6.42 Å². The number of non-ortho nitro benzene ring substituents is 1. The summed E-state index contributed by atoms with van der Waals surface area (Å²) in [6, 6.07) is 5.30. The van der Waals surface area contributed by atoms with Crippen LogP contribution in [0.15, 0.2) is 22.7 Å². The Hall–Kier alpha value is -1.94. The summed E-state index contributed by atoms with van der Waals surface area (Å²) in [6.07, 6.45) is 1.30. The van der Waals surface area contributed by atoms with E-state index in [1.807, 2.05) is 13.0 Å². The zero-order valence-electron chi connectivity index (χ0n) is 10.2. The molecule has 19 heavy (non-hydrogen) atoms.